The lowest BCUT2D eigenvalue weighted by Crippen LogP contribution is -2.32. The van der Waals surface area contributed by atoms with Crippen molar-refractivity contribution in [2.45, 2.75) is 13.3 Å². The van der Waals surface area contributed by atoms with Crippen LogP contribution in [0.15, 0.2) is 54.3 Å². The maximum absolute atomic E-state index is 13.5. The van der Waals surface area contributed by atoms with Crippen molar-refractivity contribution in [3.63, 3.8) is 0 Å². The minimum atomic E-state index is -1.01. The van der Waals surface area contributed by atoms with Gasteiger partial charge in [-0.05, 0) is 49.1 Å². The highest BCUT2D eigenvalue weighted by Gasteiger charge is 2.35. The second-order valence-electron chi connectivity index (χ2n) is 6.64. The van der Waals surface area contributed by atoms with E-state index in [1.165, 1.54) is 6.07 Å². The predicted octanol–water partition coefficient (Wildman–Crippen LogP) is 3.76. The highest BCUT2D eigenvalue weighted by Crippen LogP contribution is 2.30. The van der Waals surface area contributed by atoms with Crippen molar-refractivity contribution in [2.24, 2.45) is 5.92 Å². The molecule has 0 radical (unpaired) electrons. The Kier molecular flexibility index (Phi) is 4.69. The maximum atomic E-state index is 13.5. The van der Waals surface area contributed by atoms with Gasteiger partial charge in [-0.25, -0.2) is 8.78 Å². The molecule has 29 heavy (non-hydrogen) atoms. The van der Waals surface area contributed by atoms with Crippen LogP contribution in [0.25, 0.3) is 5.57 Å². The van der Waals surface area contributed by atoms with Gasteiger partial charge < -0.3 is 5.11 Å². The molecule has 5 nitrogen and oxygen atoms in total. The van der Waals surface area contributed by atoms with Crippen molar-refractivity contribution in [1.29, 1.82) is 0 Å². The molecule has 0 saturated carbocycles. The van der Waals surface area contributed by atoms with E-state index in [-0.39, 0.29) is 23.8 Å². The number of fused-ring (bicyclic) bond motifs is 1. The molecule has 1 N–H and O–H groups in total. The molecule has 4 rings (SSSR count). The van der Waals surface area contributed by atoms with E-state index in [4.69, 9.17) is 0 Å². The van der Waals surface area contributed by atoms with Gasteiger partial charge in [-0.15, -0.1) is 5.10 Å². The van der Waals surface area contributed by atoms with Crippen LogP contribution in [0.3, 0.4) is 0 Å². The van der Waals surface area contributed by atoms with Gasteiger partial charge in [0.05, 0.1) is 0 Å². The number of halogens is 2. The van der Waals surface area contributed by atoms with Crippen LogP contribution in [-0.4, -0.2) is 25.8 Å². The van der Waals surface area contributed by atoms with E-state index in [0.717, 1.165) is 22.4 Å². The number of hydrogen-bond donors (Lipinski definition) is 1. The number of aliphatic hydroxyl groups is 1. The van der Waals surface area contributed by atoms with Crippen LogP contribution >= 0.6 is 0 Å². The van der Waals surface area contributed by atoms with Crippen molar-refractivity contribution < 1.29 is 18.7 Å². The van der Waals surface area contributed by atoms with E-state index in [9.17, 15) is 18.7 Å². The van der Waals surface area contributed by atoms with E-state index in [1.54, 1.807) is 6.92 Å². The Morgan fingerprint density at radius 2 is 1.86 bits per heavy atom. The summed E-state index contributed by atoms with van der Waals surface area (Å²) in [6, 6.07) is 12.6. The Morgan fingerprint density at radius 3 is 2.59 bits per heavy atom. The third-order valence-electron chi connectivity index (χ3n) is 4.68. The largest absolute Gasteiger partial charge is 0.511 e. The molecule has 0 bridgehead atoms. The lowest BCUT2D eigenvalue weighted by atomic mass is 9.92. The molecule has 3 aromatic rings. The van der Waals surface area contributed by atoms with Crippen LogP contribution in [0.4, 0.5) is 8.78 Å². The molecule has 1 aliphatic heterocycles. The fraction of sp³-hybridized carbons (Fsp3) is 0.136. The Morgan fingerprint density at radius 1 is 1.10 bits per heavy atom. The number of hydrogen-bond acceptors (Lipinski definition) is 4. The quantitative estimate of drug-likeness (QED) is 0.676. The molecule has 0 fully saturated rings. The smallest absolute Gasteiger partial charge is 0.259 e. The monoisotopic (exact) mass is 391 g/mol. The van der Waals surface area contributed by atoms with Crippen molar-refractivity contribution in [3.05, 3.63) is 88.7 Å². The summed E-state index contributed by atoms with van der Waals surface area (Å²) >= 11 is 0. The third-order valence-corrected chi connectivity index (χ3v) is 4.68. The molecule has 7 heteroatoms. The molecule has 2 heterocycles. The van der Waals surface area contributed by atoms with E-state index in [0.29, 0.717) is 11.1 Å². The average molecular weight is 391 g/mol. The fourth-order valence-corrected chi connectivity index (χ4v) is 3.14. The summed E-state index contributed by atoms with van der Waals surface area (Å²) in [7, 11) is 0. The number of benzene rings is 2. The van der Waals surface area contributed by atoms with Crippen molar-refractivity contribution >= 4 is 11.5 Å². The van der Waals surface area contributed by atoms with E-state index in [2.05, 4.69) is 21.9 Å². The zero-order valence-electron chi connectivity index (χ0n) is 15.4. The molecule has 1 unspecified atom stereocenters. The zero-order chi connectivity index (χ0) is 20.5. The molecular weight excluding hydrogens is 376 g/mol. The minimum Gasteiger partial charge on any atom is -0.511 e. The molecule has 0 spiro atoms. The van der Waals surface area contributed by atoms with E-state index < -0.39 is 23.5 Å². The van der Waals surface area contributed by atoms with Gasteiger partial charge in [0.25, 0.3) is 5.91 Å². The molecule has 0 aliphatic carbocycles. The second-order valence-corrected chi connectivity index (χ2v) is 6.64. The molecule has 0 saturated heterocycles. The number of rotatable bonds is 2. The summed E-state index contributed by atoms with van der Waals surface area (Å²) in [6.45, 7) is 1.62. The van der Waals surface area contributed by atoms with Crippen LogP contribution in [0, 0.1) is 29.4 Å². The maximum Gasteiger partial charge on any atom is 0.259 e. The average Bonchev–Trinajstić information content (AvgIpc) is 3.16. The first kappa shape index (κ1) is 18.6. The molecule has 1 aliphatic rings. The molecule has 144 valence electrons. The van der Waals surface area contributed by atoms with Crippen molar-refractivity contribution in [3.8, 4) is 11.8 Å². The Balaban J connectivity index is 1.65. The molecule has 0 amide bonds. The third kappa shape index (κ3) is 3.52. The van der Waals surface area contributed by atoms with E-state index >= 15 is 0 Å². The highest BCUT2D eigenvalue weighted by molar-refractivity contribution is 5.90. The number of aromatic nitrogens is 3. The number of nitrogens with zero attached hydrogens (tertiary/aromatic N) is 3. The van der Waals surface area contributed by atoms with Crippen molar-refractivity contribution in [1.82, 2.24) is 14.8 Å². The van der Waals surface area contributed by atoms with Crippen LogP contribution in [0.5, 0.6) is 0 Å². The zero-order valence-corrected chi connectivity index (χ0v) is 15.4. The van der Waals surface area contributed by atoms with Crippen LogP contribution < -0.4 is 0 Å². The molecular formula is C22H15F2N3O2. The molecule has 2 aromatic carbocycles. The minimum absolute atomic E-state index is 0.00351. The summed E-state index contributed by atoms with van der Waals surface area (Å²) in [6.07, 6.45) is 0.00351. The SMILES string of the molecule is CC1=C(O)C(Cc2ccc(F)c(F)c2)C(=O)n2nc(C#Cc3ccccc3)nc21. The normalized spacial score (nSPS) is 15.7. The second kappa shape index (κ2) is 7.32. The van der Waals surface area contributed by atoms with Gasteiger partial charge in [0.1, 0.15) is 11.7 Å². The van der Waals surface area contributed by atoms with Crippen LogP contribution in [0.2, 0.25) is 0 Å². The summed E-state index contributed by atoms with van der Waals surface area (Å²) in [5.41, 5.74) is 1.55. The predicted molar refractivity (Wildman–Crippen MR) is 102 cm³/mol. The Bertz CT molecular complexity index is 1200. The van der Waals surface area contributed by atoms with E-state index in [1.807, 2.05) is 30.3 Å². The van der Waals surface area contributed by atoms with Gasteiger partial charge >= 0.3 is 0 Å². The summed E-state index contributed by atoms with van der Waals surface area (Å²) in [4.78, 5) is 17.1. The lowest BCUT2D eigenvalue weighted by Gasteiger charge is -2.22. The number of allylic oxidation sites excluding steroid dienone is 2. The summed E-state index contributed by atoms with van der Waals surface area (Å²) in [5, 5.41) is 14.7. The van der Waals surface area contributed by atoms with Crippen LogP contribution in [0.1, 0.15) is 34.5 Å². The first-order valence-corrected chi connectivity index (χ1v) is 8.86. The van der Waals surface area contributed by atoms with Gasteiger partial charge in [-0.1, -0.05) is 30.2 Å². The van der Waals surface area contributed by atoms with Gasteiger partial charge in [-0.3, -0.25) is 4.79 Å². The number of carbonyl (C=O) groups is 1. The standard InChI is InChI=1S/C22H15F2N3O2/c1-13-20(28)16(11-15-7-9-17(23)18(24)12-15)22(29)27-21(13)25-19(26-27)10-8-14-5-3-2-4-6-14/h2-7,9,12,16,28H,11H2,1H3. The topological polar surface area (TPSA) is 68.0 Å². The molecule has 1 aromatic heterocycles. The lowest BCUT2D eigenvalue weighted by molar-refractivity contribution is 0.0799. The first-order valence-electron chi connectivity index (χ1n) is 8.86. The van der Waals surface area contributed by atoms with Gasteiger partial charge in [0, 0.05) is 11.1 Å². The van der Waals surface area contributed by atoms with Gasteiger partial charge in [0.2, 0.25) is 5.82 Å². The Labute approximate surface area is 165 Å². The molecule has 1 atom stereocenters. The van der Waals surface area contributed by atoms with Gasteiger partial charge in [-0.2, -0.15) is 9.67 Å². The summed E-state index contributed by atoms with van der Waals surface area (Å²) < 4.78 is 27.8. The first-order chi connectivity index (χ1) is 13.9. The number of carbonyl (C=O) groups excluding carboxylic acids is 1. The van der Waals surface area contributed by atoms with Gasteiger partial charge in [0.15, 0.2) is 17.5 Å². The number of aliphatic hydroxyl groups excluding tert-OH is 1. The van der Waals surface area contributed by atoms with Crippen LogP contribution in [-0.2, 0) is 6.42 Å². The Hall–Kier alpha value is -3.79. The highest BCUT2D eigenvalue weighted by atomic mass is 19.2. The summed E-state index contributed by atoms with van der Waals surface area (Å²) in [5.74, 6) is 2.47. The van der Waals surface area contributed by atoms with Crippen molar-refractivity contribution in [2.75, 3.05) is 0 Å². The fourth-order valence-electron chi connectivity index (χ4n) is 3.14.